The molecule has 1 atom stereocenters. The van der Waals surface area contributed by atoms with Gasteiger partial charge in [-0.05, 0) is 66.7 Å². The number of amides is 1. The van der Waals surface area contributed by atoms with Crippen LogP contribution in [0.15, 0.2) is 18.2 Å². The van der Waals surface area contributed by atoms with Crippen LogP contribution in [0.5, 0.6) is 0 Å². The Morgan fingerprint density at radius 3 is 2.17 bits per heavy atom. The van der Waals surface area contributed by atoms with Crippen molar-refractivity contribution in [2.24, 2.45) is 0 Å². The Hall–Kier alpha value is -3.00. The van der Waals surface area contributed by atoms with Crippen molar-refractivity contribution < 1.29 is 32.2 Å². The molecule has 0 saturated carbocycles. The molecule has 0 bridgehead atoms. The molecule has 0 radical (unpaired) electrons. The monoisotopic (exact) mass is 498 g/mol. The molecule has 1 aromatic rings. The molecule has 11 heteroatoms. The first kappa shape index (κ1) is 28.2. The average molecular weight is 499 g/mol. The Kier molecular flexibility index (Phi) is 8.32. The van der Waals surface area contributed by atoms with Gasteiger partial charge in [-0.2, -0.15) is 18.4 Å². The number of alkyl halides is 3. The predicted octanol–water partition coefficient (Wildman–Crippen LogP) is 4.58. The normalized spacial score (nSPS) is 17.5. The molecular weight excluding hydrogens is 465 g/mol. The summed E-state index contributed by atoms with van der Waals surface area (Å²) < 4.78 is 51.6. The zero-order valence-corrected chi connectivity index (χ0v) is 21.2. The maximum Gasteiger partial charge on any atom is 0.417 e. The topological polar surface area (TPSA) is 86.1 Å². The number of piperazine rings is 1. The standard InChI is InChI=1S/C24H33F3N4O4/c1-8-31(17-10-9-16(14-28)18(13-17)24(25,26)27)29-11-12-30(21(33)35-23(5,6)7)19(15-29)20(32)34-22(2,3)4/h9-10,13,19H,8,11-12,15H2,1-7H3. The summed E-state index contributed by atoms with van der Waals surface area (Å²) in [5, 5.41) is 12.4. The Morgan fingerprint density at radius 2 is 1.69 bits per heavy atom. The molecular formula is C24H33F3N4O4. The summed E-state index contributed by atoms with van der Waals surface area (Å²) in [4.78, 5) is 27.2. The molecule has 0 N–H and O–H groups in total. The van der Waals surface area contributed by atoms with Crippen molar-refractivity contribution in [3.63, 3.8) is 0 Å². The van der Waals surface area contributed by atoms with Gasteiger partial charge in [-0.25, -0.2) is 14.6 Å². The third kappa shape index (κ3) is 7.49. The van der Waals surface area contributed by atoms with E-state index >= 15 is 0 Å². The Bertz CT molecular complexity index is 977. The Morgan fingerprint density at radius 1 is 1.09 bits per heavy atom. The first-order valence-electron chi connectivity index (χ1n) is 11.3. The van der Waals surface area contributed by atoms with Crippen LogP contribution < -0.4 is 5.01 Å². The van der Waals surface area contributed by atoms with Crippen LogP contribution in [0.1, 0.15) is 59.6 Å². The molecule has 0 aliphatic carbocycles. The van der Waals surface area contributed by atoms with E-state index in [1.807, 2.05) is 0 Å². The van der Waals surface area contributed by atoms with Gasteiger partial charge in [-0.3, -0.25) is 4.90 Å². The van der Waals surface area contributed by atoms with Crippen LogP contribution in [0.3, 0.4) is 0 Å². The van der Waals surface area contributed by atoms with Crippen molar-refractivity contribution in [1.29, 1.82) is 5.26 Å². The van der Waals surface area contributed by atoms with E-state index in [1.165, 1.54) is 11.0 Å². The third-order valence-corrected chi connectivity index (χ3v) is 5.03. The first-order chi connectivity index (χ1) is 16.0. The number of benzene rings is 1. The van der Waals surface area contributed by atoms with E-state index in [2.05, 4.69) is 0 Å². The highest BCUT2D eigenvalue weighted by Gasteiger charge is 2.41. The van der Waals surface area contributed by atoms with Gasteiger partial charge >= 0.3 is 18.2 Å². The number of halogens is 3. The quantitative estimate of drug-likeness (QED) is 0.562. The summed E-state index contributed by atoms with van der Waals surface area (Å²) in [6, 6.07) is 4.02. The van der Waals surface area contributed by atoms with E-state index in [9.17, 15) is 22.8 Å². The number of anilines is 1. The van der Waals surface area contributed by atoms with Crippen LogP contribution in [0.4, 0.5) is 23.7 Å². The van der Waals surface area contributed by atoms with Crippen molar-refractivity contribution in [2.45, 2.75) is 71.9 Å². The fourth-order valence-electron chi connectivity index (χ4n) is 3.67. The molecule has 1 amide bonds. The number of ether oxygens (including phenoxy) is 2. The SMILES string of the molecule is CCN(c1ccc(C#N)c(C(F)(F)F)c1)N1CCN(C(=O)OC(C)(C)C)C(C(=O)OC(C)(C)C)C1. The minimum Gasteiger partial charge on any atom is -0.458 e. The highest BCUT2D eigenvalue weighted by molar-refractivity contribution is 5.82. The number of hydrogen-bond acceptors (Lipinski definition) is 7. The van der Waals surface area contributed by atoms with Crippen molar-refractivity contribution in [3.05, 3.63) is 29.3 Å². The van der Waals surface area contributed by atoms with Crippen LogP contribution in [0.2, 0.25) is 0 Å². The number of esters is 1. The summed E-state index contributed by atoms with van der Waals surface area (Å²) >= 11 is 0. The number of carbonyl (C=O) groups excluding carboxylic acids is 2. The lowest BCUT2D eigenvalue weighted by Gasteiger charge is -2.45. The smallest absolute Gasteiger partial charge is 0.417 e. The highest BCUT2D eigenvalue weighted by atomic mass is 19.4. The number of hydrazine groups is 1. The second kappa shape index (κ2) is 10.3. The van der Waals surface area contributed by atoms with Crippen LogP contribution in [0.25, 0.3) is 0 Å². The summed E-state index contributed by atoms with van der Waals surface area (Å²) in [6.45, 7) is 12.6. The second-order valence-electron chi connectivity index (χ2n) is 10.2. The molecule has 1 aromatic carbocycles. The van der Waals surface area contributed by atoms with Crippen LogP contribution in [0, 0.1) is 11.3 Å². The first-order valence-corrected chi connectivity index (χ1v) is 11.3. The third-order valence-electron chi connectivity index (χ3n) is 5.03. The summed E-state index contributed by atoms with van der Waals surface area (Å²) in [5.41, 5.74) is -2.88. The van der Waals surface area contributed by atoms with Gasteiger partial charge in [0.2, 0.25) is 0 Å². The molecule has 0 spiro atoms. The van der Waals surface area contributed by atoms with Crippen molar-refractivity contribution in [3.8, 4) is 6.07 Å². The van der Waals surface area contributed by atoms with Gasteiger partial charge in [0.1, 0.15) is 17.2 Å². The molecule has 0 aromatic heterocycles. The van der Waals surface area contributed by atoms with Gasteiger partial charge in [-0.15, -0.1) is 0 Å². The van der Waals surface area contributed by atoms with Crippen LogP contribution in [-0.2, 0) is 20.4 Å². The van der Waals surface area contributed by atoms with Gasteiger partial charge < -0.3 is 14.5 Å². The van der Waals surface area contributed by atoms with Crippen LogP contribution in [-0.4, -0.2) is 65.4 Å². The highest BCUT2D eigenvalue weighted by Crippen LogP contribution is 2.35. The van der Waals surface area contributed by atoms with Gasteiger partial charge in [0.15, 0.2) is 0 Å². The molecule has 194 valence electrons. The van der Waals surface area contributed by atoms with E-state index in [0.29, 0.717) is 0 Å². The molecule has 1 heterocycles. The maximum atomic E-state index is 13.5. The molecule has 1 fully saturated rings. The lowest BCUT2D eigenvalue weighted by molar-refractivity contribution is -0.163. The number of rotatable bonds is 4. The fraction of sp³-hybridized carbons (Fsp3) is 0.625. The lowest BCUT2D eigenvalue weighted by Crippen LogP contribution is -2.63. The van der Waals surface area contributed by atoms with Gasteiger partial charge in [-0.1, -0.05) is 0 Å². The zero-order valence-electron chi connectivity index (χ0n) is 21.2. The molecule has 1 unspecified atom stereocenters. The van der Waals surface area contributed by atoms with Crippen molar-refractivity contribution >= 4 is 17.7 Å². The molecule has 1 aliphatic rings. The predicted molar refractivity (Wildman–Crippen MR) is 123 cm³/mol. The molecule has 2 rings (SSSR count). The second-order valence-corrected chi connectivity index (χ2v) is 10.2. The fourth-order valence-corrected chi connectivity index (χ4v) is 3.67. The minimum atomic E-state index is -4.70. The van der Waals surface area contributed by atoms with Crippen molar-refractivity contribution in [2.75, 3.05) is 31.2 Å². The minimum absolute atomic E-state index is 0.0106. The molecule has 1 saturated heterocycles. The number of nitrogens with zero attached hydrogens (tertiary/aromatic N) is 4. The zero-order chi connectivity index (χ0) is 26.8. The Balaban J connectivity index is 2.40. The van der Waals surface area contributed by atoms with E-state index in [1.54, 1.807) is 64.6 Å². The lowest BCUT2D eigenvalue weighted by atomic mass is 10.1. The van der Waals surface area contributed by atoms with Crippen LogP contribution >= 0.6 is 0 Å². The van der Waals surface area contributed by atoms with E-state index in [-0.39, 0.29) is 31.9 Å². The summed E-state index contributed by atoms with van der Waals surface area (Å²) in [5.74, 6) is -0.639. The van der Waals surface area contributed by atoms with Crippen molar-refractivity contribution in [1.82, 2.24) is 9.91 Å². The summed E-state index contributed by atoms with van der Waals surface area (Å²) in [6.07, 6.45) is -5.37. The largest absolute Gasteiger partial charge is 0.458 e. The van der Waals surface area contributed by atoms with E-state index < -0.39 is 46.6 Å². The van der Waals surface area contributed by atoms with E-state index in [4.69, 9.17) is 14.7 Å². The molecule has 8 nitrogen and oxygen atoms in total. The van der Waals surface area contributed by atoms with Gasteiger partial charge in [0, 0.05) is 26.2 Å². The number of carbonyl (C=O) groups is 2. The average Bonchev–Trinajstić information content (AvgIpc) is 2.71. The number of hydrogen-bond donors (Lipinski definition) is 0. The Labute approximate surface area is 204 Å². The maximum absolute atomic E-state index is 13.5. The van der Waals surface area contributed by atoms with E-state index in [0.717, 1.165) is 12.1 Å². The van der Waals surface area contributed by atoms with Gasteiger partial charge in [0.05, 0.1) is 22.9 Å². The number of nitriles is 1. The molecule has 35 heavy (non-hydrogen) atoms. The summed E-state index contributed by atoms with van der Waals surface area (Å²) in [7, 11) is 0. The molecule has 1 aliphatic heterocycles. The van der Waals surface area contributed by atoms with Gasteiger partial charge in [0.25, 0.3) is 0 Å².